The van der Waals surface area contributed by atoms with E-state index in [4.69, 9.17) is 16.2 Å². The van der Waals surface area contributed by atoms with E-state index in [0.29, 0.717) is 11.4 Å². The highest BCUT2D eigenvalue weighted by Gasteiger charge is 2.28. The van der Waals surface area contributed by atoms with Gasteiger partial charge in [0.25, 0.3) is 0 Å². The monoisotopic (exact) mass is 391 g/mol. The number of H-pyrrole nitrogens is 1. The van der Waals surface area contributed by atoms with Gasteiger partial charge in [0.15, 0.2) is 0 Å². The first-order chi connectivity index (χ1) is 14.7. The standard InChI is InChI=1S/C26H21N3O/c27-16-6-9-20-22(21-10-7-17(28)14-26(21)30-25(20)13-16)11-15-5-8-19-18-3-1-2-4-23(18)29-24(19)12-15/h1-10,12-14,22,29H,11,27-28H2. The van der Waals surface area contributed by atoms with Crippen LogP contribution in [0.1, 0.15) is 22.6 Å². The highest BCUT2D eigenvalue weighted by atomic mass is 16.5. The number of nitrogen functional groups attached to an aromatic ring is 2. The molecule has 1 aliphatic rings. The predicted molar refractivity (Wildman–Crippen MR) is 123 cm³/mol. The minimum Gasteiger partial charge on any atom is -0.457 e. The maximum Gasteiger partial charge on any atom is 0.133 e. The first-order valence-electron chi connectivity index (χ1n) is 10.1. The smallest absolute Gasteiger partial charge is 0.133 e. The quantitative estimate of drug-likeness (QED) is 0.325. The fraction of sp³-hybridized carbons (Fsp3) is 0.0769. The van der Waals surface area contributed by atoms with Gasteiger partial charge in [0.1, 0.15) is 11.5 Å². The average molecular weight is 391 g/mol. The Labute approximate surface area is 174 Å². The largest absolute Gasteiger partial charge is 0.457 e. The van der Waals surface area contributed by atoms with Gasteiger partial charge in [-0.15, -0.1) is 0 Å². The van der Waals surface area contributed by atoms with Gasteiger partial charge < -0.3 is 21.2 Å². The summed E-state index contributed by atoms with van der Waals surface area (Å²) in [6, 6.07) is 27.0. The fourth-order valence-electron chi connectivity index (χ4n) is 4.62. The molecule has 4 heteroatoms. The molecular formula is C26H21N3O. The first kappa shape index (κ1) is 17.0. The molecule has 5 aromatic rings. The van der Waals surface area contributed by atoms with Crippen molar-refractivity contribution in [3.8, 4) is 11.5 Å². The molecule has 0 fully saturated rings. The maximum atomic E-state index is 6.15. The molecular weight excluding hydrogens is 370 g/mol. The molecule has 30 heavy (non-hydrogen) atoms. The molecule has 2 heterocycles. The molecule has 0 atom stereocenters. The highest BCUT2D eigenvalue weighted by molar-refractivity contribution is 6.07. The molecule has 0 unspecified atom stereocenters. The molecule has 0 bridgehead atoms. The predicted octanol–water partition coefficient (Wildman–Crippen LogP) is 5.97. The lowest BCUT2D eigenvalue weighted by molar-refractivity contribution is 0.445. The molecule has 0 amide bonds. The van der Waals surface area contributed by atoms with Crippen molar-refractivity contribution in [1.82, 2.24) is 4.98 Å². The second-order valence-corrected chi connectivity index (χ2v) is 8.00. The third-order valence-corrected chi connectivity index (χ3v) is 6.06. The summed E-state index contributed by atoms with van der Waals surface area (Å²) in [5.74, 6) is 1.79. The maximum absolute atomic E-state index is 6.15. The van der Waals surface area contributed by atoms with Crippen LogP contribution in [-0.2, 0) is 6.42 Å². The van der Waals surface area contributed by atoms with E-state index in [2.05, 4.69) is 59.6 Å². The molecule has 146 valence electrons. The molecule has 1 aromatic heterocycles. The van der Waals surface area contributed by atoms with Crippen molar-refractivity contribution in [1.29, 1.82) is 0 Å². The highest BCUT2D eigenvalue weighted by Crippen LogP contribution is 2.47. The molecule has 0 radical (unpaired) electrons. The SMILES string of the molecule is Nc1ccc2c(c1)Oc1cc(N)ccc1C2Cc1ccc2c(c1)[nH]c1ccccc12. The van der Waals surface area contributed by atoms with E-state index in [1.54, 1.807) is 0 Å². The fourth-order valence-corrected chi connectivity index (χ4v) is 4.62. The number of hydrogen-bond donors (Lipinski definition) is 3. The van der Waals surface area contributed by atoms with Crippen LogP contribution in [-0.4, -0.2) is 4.98 Å². The van der Waals surface area contributed by atoms with Crippen molar-refractivity contribution >= 4 is 33.2 Å². The molecule has 0 aliphatic carbocycles. The normalized spacial score (nSPS) is 13.2. The van der Waals surface area contributed by atoms with Crippen LogP contribution < -0.4 is 16.2 Å². The van der Waals surface area contributed by atoms with Gasteiger partial charge in [-0.1, -0.05) is 42.5 Å². The van der Waals surface area contributed by atoms with Crippen LogP contribution in [0.5, 0.6) is 11.5 Å². The Bertz CT molecular complexity index is 1380. The van der Waals surface area contributed by atoms with Crippen LogP contribution >= 0.6 is 0 Å². The van der Waals surface area contributed by atoms with Crippen molar-refractivity contribution in [2.45, 2.75) is 12.3 Å². The molecule has 0 saturated heterocycles. The van der Waals surface area contributed by atoms with E-state index in [9.17, 15) is 0 Å². The van der Waals surface area contributed by atoms with Gasteiger partial charge in [-0.3, -0.25) is 0 Å². The summed E-state index contributed by atoms with van der Waals surface area (Å²) in [5, 5.41) is 2.51. The number of nitrogens with one attached hydrogen (secondary N) is 1. The average Bonchev–Trinajstić information content (AvgIpc) is 3.11. The summed E-state index contributed by atoms with van der Waals surface area (Å²) in [4.78, 5) is 3.55. The van der Waals surface area contributed by atoms with E-state index in [0.717, 1.165) is 40.1 Å². The zero-order valence-corrected chi connectivity index (χ0v) is 16.4. The van der Waals surface area contributed by atoms with Gasteiger partial charge in [0.05, 0.1) is 0 Å². The first-order valence-corrected chi connectivity index (χ1v) is 10.1. The number of aromatic nitrogens is 1. The van der Waals surface area contributed by atoms with Crippen LogP contribution in [0.25, 0.3) is 21.8 Å². The topological polar surface area (TPSA) is 77.1 Å². The van der Waals surface area contributed by atoms with Gasteiger partial charge in [-0.2, -0.15) is 0 Å². The third-order valence-electron chi connectivity index (χ3n) is 6.06. The van der Waals surface area contributed by atoms with Gasteiger partial charge in [0.2, 0.25) is 0 Å². The van der Waals surface area contributed by atoms with Gasteiger partial charge >= 0.3 is 0 Å². The zero-order chi connectivity index (χ0) is 20.2. The minimum absolute atomic E-state index is 0.173. The second-order valence-electron chi connectivity index (χ2n) is 8.00. The number of aromatic amines is 1. The van der Waals surface area contributed by atoms with Crippen LogP contribution in [0, 0.1) is 0 Å². The number of nitrogens with two attached hydrogens (primary N) is 2. The van der Waals surface area contributed by atoms with E-state index in [-0.39, 0.29) is 5.92 Å². The molecule has 4 nitrogen and oxygen atoms in total. The number of anilines is 2. The van der Waals surface area contributed by atoms with Crippen molar-refractivity contribution in [2.24, 2.45) is 0 Å². The molecule has 0 saturated carbocycles. The summed E-state index contributed by atoms with van der Waals surface area (Å²) in [6.07, 6.45) is 0.864. The summed E-state index contributed by atoms with van der Waals surface area (Å²) in [7, 11) is 0. The van der Waals surface area contributed by atoms with Crippen LogP contribution in [0.3, 0.4) is 0 Å². The van der Waals surface area contributed by atoms with Crippen molar-refractivity contribution in [3.05, 3.63) is 95.6 Å². The van der Waals surface area contributed by atoms with E-state index in [1.165, 1.54) is 16.3 Å². The number of benzene rings is 4. The molecule has 6 rings (SSSR count). The van der Waals surface area contributed by atoms with Crippen LogP contribution in [0.4, 0.5) is 11.4 Å². The van der Waals surface area contributed by atoms with Gasteiger partial charge in [0, 0.05) is 62.4 Å². The third kappa shape index (κ3) is 2.61. The summed E-state index contributed by atoms with van der Waals surface area (Å²) in [5.41, 5.74) is 19.3. The van der Waals surface area contributed by atoms with Gasteiger partial charge in [-0.25, -0.2) is 0 Å². The number of fused-ring (bicyclic) bond motifs is 5. The molecule has 1 aliphatic heterocycles. The zero-order valence-electron chi connectivity index (χ0n) is 16.4. The number of hydrogen-bond acceptors (Lipinski definition) is 3. The lowest BCUT2D eigenvalue weighted by Crippen LogP contribution is -2.13. The van der Waals surface area contributed by atoms with Crippen molar-refractivity contribution in [2.75, 3.05) is 11.5 Å². The van der Waals surface area contributed by atoms with Crippen molar-refractivity contribution in [3.63, 3.8) is 0 Å². The van der Waals surface area contributed by atoms with E-state index < -0.39 is 0 Å². The van der Waals surface area contributed by atoms with Crippen LogP contribution in [0.2, 0.25) is 0 Å². The minimum atomic E-state index is 0.173. The van der Waals surface area contributed by atoms with E-state index in [1.807, 2.05) is 24.3 Å². The van der Waals surface area contributed by atoms with Crippen molar-refractivity contribution < 1.29 is 4.74 Å². The Hall–Kier alpha value is -3.92. The molecule has 5 N–H and O–H groups in total. The Morgan fingerprint density at radius 3 is 2.10 bits per heavy atom. The lowest BCUT2D eigenvalue weighted by Gasteiger charge is -2.29. The number of rotatable bonds is 2. The summed E-state index contributed by atoms with van der Waals surface area (Å²) < 4.78 is 6.15. The lowest BCUT2D eigenvalue weighted by atomic mass is 9.83. The molecule has 0 spiro atoms. The Morgan fingerprint density at radius 1 is 0.700 bits per heavy atom. The van der Waals surface area contributed by atoms with Gasteiger partial charge in [-0.05, 0) is 36.2 Å². The number of para-hydroxylation sites is 1. The summed E-state index contributed by atoms with van der Waals surface area (Å²) >= 11 is 0. The summed E-state index contributed by atoms with van der Waals surface area (Å²) in [6.45, 7) is 0. The Balaban J connectivity index is 1.47. The Morgan fingerprint density at radius 2 is 1.37 bits per heavy atom. The number of ether oxygens (including phenoxy) is 1. The van der Waals surface area contributed by atoms with E-state index >= 15 is 0 Å². The molecule has 4 aromatic carbocycles. The van der Waals surface area contributed by atoms with Crippen LogP contribution in [0.15, 0.2) is 78.9 Å². The Kier molecular flexibility index (Phi) is 3.56. The second kappa shape index (κ2) is 6.29.